The molecule has 0 aliphatic rings. The van der Waals surface area contributed by atoms with E-state index in [4.69, 9.17) is 23.2 Å². The van der Waals surface area contributed by atoms with Crippen LogP contribution in [0.5, 0.6) is 0 Å². The molecule has 2 N–H and O–H groups in total. The Hall–Kier alpha value is -1.31. The third-order valence-corrected chi connectivity index (χ3v) is 8.47. The quantitative estimate of drug-likeness (QED) is 0.0902. The summed E-state index contributed by atoms with van der Waals surface area (Å²) < 4.78 is 25.3. The molecule has 0 radical (unpaired) electrons. The molecule has 0 saturated heterocycles. The van der Waals surface area contributed by atoms with Crippen LogP contribution in [0.25, 0.3) is 0 Å². The predicted molar refractivity (Wildman–Crippen MR) is 162 cm³/mol. The average molecular weight is 592 g/mol. The Morgan fingerprint density at radius 2 is 1.21 bits per heavy atom. The Labute approximate surface area is 241 Å². The van der Waals surface area contributed by atoms with E-state index >= 15 is 0 Å². The van der Waals surface area contributed by atoms with E-state index in [1.807, 2.05) is 0 Å². The van der Waals surface area contributed by atoms with Gasteiger partial charge in [0.1, 0.15) is 0 Å². The largest absolute Gasteiger partial charge is 0.323 e. The summed E-state index contributed by atoms with van der Waals surface area (Å²) in [6.45, 7) is 7.11. The number of benzene rings is 1. The number of nitrogens with one attached hydrogen (secondary N) is 2. The minimum Gasteiger partial charge on any atom is -0.323 e. The predicted octanol–water partition coefficient (Wildman–Crippen LogP) is 8.64. The molecule has 0 fully saturated rings. The molecule has 9 heteroatoms. The van der Waals surface area contributed by atoms with Crippen LogP contribution in [0.3, 0.4) is 0 Å². The van der Waals surface area contributed by atoms with Gasteiger partial charge in [-0.3, -0.25) is 14.3 Å². The van der Waals surface area contributed by atoms with Crippen molar-refractivity contribution >= 4 is 56.3 Å². The number of carbonyl (C=O) groups is 2. The van der Waals surface area contributed by atoms with Gasteiger partial charge in [0, 0.05) is 11.1 Å². The third kappa shape index (κ3) is 14.2. The molecule has 1 amide bonds. The van der Waals surface area contributed by atoms with Gasteiger partial charge in [-0.25, -0.2) is 8.42 Å². The number of Topliss-reactive ketones (excluding diaryl/α,β-unsaturated/α-hetero) is 1. The van der Waals surface area contributed by atoms with Gasteiger partial charge in [0.25, 0.3) is 10.2 Å². The minimum absolute atomic E-state index is 0.0359. The molecule has 0 spiro atoms. The zero-order chi connectivity index (χ0) is 28.7. The van der Waals surface area contributed by atoms with Gasteiger partial charge < -0.3 is 5.32 Å². The van der Waals surface area contributed by atoms with E-state index < -0.39 is 31.5 Å². The zero-order valence-corrected chi connectivity index (χ0v) is 26.0. The molecule has 0 atom stereocenters. The lowest BCUT2D eigenvalue weighted by Crippen LogP contribution is -2.45. The summed E-state index contributed by atoms with van der Waals surface area (Å²) in [6, 6.07) is 6.21. The second kappa shape index (κ2) is 17.4. The number of ketones is 1. The first kappa shape index (κ1) is 34.7. The van der Waals surface area contributed by atoms with Crippen molar-refractivity contribution in [2.24, 2.45) is 5.41 Å². The molecule has 0 aromatic heterocycles. The first-order valence-corrected chi connectivity index (χ1v) is 16.5. The van der Waals surface area contributed by atoms with E-state index in [2.05, 4.69) is 17.0 Å². The van der Waals surface area contributed by atoms with Crippen LogP contribution in [-0.2, 0) is 19.6 Å². The van der Waals surface area contributed by atoms with Gasteiger partial charge in [-0.1, -0.05) is 140 Å². The van der Waals surface area contributed by atoms with Gasteiger partial charge in [0.15, 0.2) is 5.78 Å². The van der Waals surface area contributed by atoms with E-state index in [0.29, 0.717) is 12.1 Å². The summed E-state index contributed by atoms with van der Waals surface area (Å²) in [5.41, 5.74) is -0.324. The molecule has 218 valence electrons. The SMILES string of the molecule is CCCCCCCCCCCCCCCCS(=O)(=O)Nc1cccc(NC(=O)C(Cl)(Cl)C(=O)C(C)(C)C)c1. The third-order valence-electron chi connectivity index (χ3n) is 6.41. The molecule has 1 rings (SSSR count). The first-order valence-electron chi connectivity index (χ1n) is 14.1. The van der Waals surface area contributed by atoms with Gasteiger partial charge in [-0.05, 0) is 24.6 Å². The van der Waals surface area contributed by atoms with Crippen molar-refractivity contribution in [2.45, 2.75) is 122 Å². The Bertz CT molecular complexity index is 960. The summed E-state index contributed by atoms with van der Waals surface area (Å²) >= 11 is 12.1. The molecule has 1 aromatic carbocycles. The first-order chi connectivity index (χ1) is 17.8. The lowest BCUT2D eigenvalue weighted by molar-refractivity contribution is -0.131. The van der Waals surface area contributed by atoms with Crippen LogP contribution < -0.4 is 10.0 Å². The summed E-state index contributed by atoms with van der Waals surface area (Å²) in [6.07, 6.45) is 16.9. The fourth-order valence-corrected chi connectivity index (χ4v) is 6.00. The highest BCUT2D eigenvalue weighted by molar-refractivity contribution is 7.92. The topological polar surface area (TPSA) is 92.3 Å². The van der Waals surface area contributed by atoms with Gasteiger partial charge in [0.2, 0.25) is 10.0 Å². The van der Waals surface area contributed by atoms with Gasteiger partial charge in [-0.15, -0.1) is 0 Å². The monoisotopic (exact) mass is 590 g/mol. The van der Waals surface area contributed by atoms with Crippen LogP contribution in [0, 0.1) is 5.41 Å². The zero-order valence-electron chi connectivity index (χ0n) is 23.7. The number of hydrogen-bond donors (Lipinski definition) is 2. The lowest BCUT2D eigenvalue weighted by Gasteiger charge is -2.25. The van der Waals surface area contributed by atoms with E-state index in [1.165, 1.54) is 70.3 Å². The van der Waals surface area contributed by atoms with Crippen molar-refractivity contribution in [2.75, 3.05) is 15.8 Å². The van der Waals surface area contributed by atoms with Gasteiger partial charge in [-0.2, -0.15) is 0 Å². The molecule has 0 saturated carbocycles. The molecule has 0 heterocycles. The molecule has 0 aliphatic carbocycles. The number of alkyl halides is 2. The highest BCUT2D eigenvalue weighted by Crippen LogP contribution is 2.33. The van der Waals surface area contributed by atoms with Crippen LogP contribution in [0.1, 0.15) is 118 Å². The standard InChI is InChI=1S/C29H48Cl2N2O4S/c1-5-6-7-8-9-10-11-12-13-14-15-16-17-18-22-38(36,37)33-25-21-19-20-24(23-25)32-27(35)29(30,31)26(34)28(2,3)4/h19-21,23,33H,5-18,22H2,1-4H3,(H,32,35). The molecule has 0 unspecified atom stereocenters. The van der Waals surface area contributed by atoms with E-state index in [9.17, 15) is 18.0 Å². The molecule has 1 aromatic rings. The van der Waals surface area contributed by atoms with Gasteiger partial charge >= 0.3 is 0 Å². The Kier molecular flexibility index (Phi) is 15.9. The van der Waals surface area contributed by atoms with E-state index in [1.54, 1.807) is 39.0 Å². The van der Waals surface area contributed by atoms with Crippen molar-refractivity contribution in [3.8, 4) is 0 Å². The molecular weight excluding hydrogens is 543 g/mol. The highest BCUT2D eigenvalue weighted by Gasteiger charge is 2.47. The second-order valence-corrected chi connectivity index (χ2v) is 14.4. The van der Waals surface area contributed by atoms with Crippen LogP contribution in [0.4, 0.5) is 11.4 Å². The fraction of sp³-hybridized carbons (Fsp3) is 0.724. The number of rotatable bonds is 20. The Morgan fingerprint density at radius 3 is 1.68 bits per heavy atom. The van der Waals surface area contributed by atoms with Crippen LogP contribution in [-0.4, -0.2) is 30.2 Å². The number of anilines is 2. The summed E-state index contributed by atoms with van der Waals surface area (Å²) in [4.78, 5) is 25.0. The average Bonchev–Trinajstić information content (AvgIpc) is 2.83. The number of carbonyl (C=O) groups excluding carboxylic acids is 2. The minimum atomic E-state index is -3.53. The molecule has 38 heavy (non-hydrogen) atoms. The number of hydrogen-bond acceptors (Lipinski definition) is 4. The molecule has 0 bridgehead atoms. The van der Waals surface area contributed by atoms with E-state index in [0.717, 1.165) is 19.3 Å². The number of sulfonamides is 1. The van der Waals surface area contributed by atoms with E-state index in [-0.39, 0.29) is 11.4 Å². The summed E-state index contributed by atoms with van der Waals surface area (Å²) in [5.74, 6) is -1.48. The summed E-state index contributed by atoms with van der Waals surface area (Å²) in [5, 5.41) is 2.50. The lowest BCUT2D eigenvalue weighted by atomic mass is 9.88. The normalized spacial score (nSPS) is 12.4. The summed E-state index contributed by atoms with van der Waals surface area (Å²) in [7, 11) is -3.53. The smallest absolute Gasteiger partial charge is 0.268 e. The molecular formula is C29H48Cl2N2O4S. The van der Waals surface area contributed by atoms with Crippen molar-refractivity contribution < 1.29 is 18.0 Å². The van der Waals surface area contributed by atoms with Gasteiger partial charge in [0.05, 0.1) is 11.4 Å². The van der Waals surface area contributed by atoms with Crippen LogP contribution in [0.2, 0.25) is 0 Å². The number of halogens is 2. The Morgan fingerprint density at radius 1 is 0.763 bits per heavy atom. The Balaban J connectivity index is 2.33. The maximum absolute atomic E-state index is 12.5. The number of unbranched alkanes of at least 4 members (excludes halogenated alkanes) is 13. The van der Waals surface area contributed by atoms with Crippen molar-refractivity contribution in [3.05, 3.63) is 24.3 Å². The molecule has 6 nitrogen and oxygen atoms in total. The molecule has 0 aliphatic heterocycles. The fourth-order valence-electron chi connectivity index (χ4n) is 4.16. The second-order valence-electron chi connectivity index (χ2n) is 11.2. The van der Waals surface area contributed by atoms with Crippen molar-refractivity contribution in [1.82, 2.24) is 0 Å². The highest BCUT2D eigenvalue weighted by atomic mass is 35.5. The maximum atomic E-state index is 12.5. The number of amides is 1. The van der Waals surface area contributed by atoms with Crippen LogP contribution >= 0.6 is 23.2 Å². The van der Waals surface area contributed by atoms with Crippen molar-refractivity contribution in [1.29, 1.82) is 0 Å². The van der Waals surface area contributed by atoms with Crippen molar-refractivity contribution in [3.63, 3.8) is 0 Å². The maximum Gasteiger partial charge on any atom is 0.268 e. The van der Waals surface area contributed by atoms with Crippen LogP contribution in [0.15, 0.2) is 24.3 Å².